The molecule has 0 bridgehead atoms. The Morgan fingerprint density at radius 1 is 1.00 bits per heavy atom. The molecule has 110 valence electrons. The van der Waals surface area contributed by atoms with Crippen LogP contribution < -0.4 is 0 Å². The van der Waals surface area contributed by atoms with Crippen LogP contribution in [0, 0.1) is 0 Å². The number of benzene rings is 1. The lowest BCUT2D eigenvalue weighted by Gasteiger charge is -2.43. The molecule has 2 atom stereocenters. The van der Waals surface area contributed by atoms with Crippen LogP contribution >= 0.6 is 0 Å². The number of fused-ring (bicyclic) bond motifs is 1. The highest BCUT2D eigenvalue weighted by atomic mass is 32.2. The highest BCUT2D eigenvalue weighted by Crippen LogP contribution is 2.30. The predicted molar refractivity (Wildman–Crippen MR) is 76.9 cm³/mol. The van der Waals surface area contributed by atoms with Crippen molar-refractivity contribution in [1.82, 2.24) is 4.90 Å². The summed E-state index contributed by atoms with van der Waals surface area (Å²) in [5, 5.41) is 0. The van der Waals surface area contributed by atoms with Crippen molar-refractivity contribution in [2.45, 2.75) is 49.1 Å². The molecule has 2 aliphatic rings. The molecule has 0 aliphatic carbocycles. The molecule has 1 aromatic carbocycles. The van der Waals surface area contributed by atoms with Crippen LogP contribution in [0.1, 0.15) is 32.1 Å². The van der Waals surface area contributed by atoms with E-state index < -0.39 is 10.1 Å². The zero-order valence-corrected chi connectivity index (χ0v) is 12.4. The van der Waals surface area contributed by atoms with Crippen molar-refractivity contribution < 1.29 is 12.6 Å². The molecule has 3 rings (SSSR count). The van der Waals surface area contributed by atoms with Gasteiger partial charge >= 0.3 is 0 Å². The van der Waals surface area contributed by atoms with Crippen LogP contribution in [0.4, 0.5) is 0 Å². The van der Waals surface area contributed by atoms with Gasteiger partial charge in [-0.25, -0.2) is 0 Å². The van der Waals surface area contributed by atoms with E-state index in [1.165, 1.54) is 12.8 Å². The molecule has 2 fully saturated rings. The summed E-state index contributed by atoms with van der Waals surface area (Å²) in [6.45, 7) is 2.16. The second kappa shape index (κ2) is 5.84. The van der Waals surface area contributed by atoms with Gasteiger partial charge in [0.05, 0.1) is 11.0 Å². The highest BCUT2D eigenvalue weighted by Gasteiger charge is 2.36. The van der Waals surface area contributed by atoms with Gasteiger partial charge in [-0.15, -0.1) is 0 Å². The van der Waals surface area contributed by atoms with Crippen LogP contribution in [-0.2, 0) is 14.3 Å². The number of rotatable bonds is 3. The van der Waals surface area contributed by atoms with Crippen molar-refractivity contribution in [3.8, 4) is 0 Å². The molecular weight excluding hydrogens is 274 g/mol. The fourth-order valence-corrected chi connectivity index (χ4v) is 4.47. The van der Waals surface area contributed by atoms with Crippen LogP contribution in [0.15, 0.2) is 35.2 Å². The van der Waals surface area contributed by atoms with Crippen LogP contribution in [0.5, 0.6) is 0 Å². The number of piperidine rings is 2. The van der Waals surface area contributed by atoms with E-state index in [0.717, 1.165) is 32.4 Å². The molecular formula is C15H21NO3S. The topological polar surface area (TPSA) is 46.6 Å². The Bertz CT molecular complexity index is 541. The van der Waals surface area contributed by atoms with Crippen LogP contribution in [-0.4, -0.2) is 38.6 Å². The SMILES string of the molecule is O=S(=O)(O[C@@H]1CCCN2CCCC[C@@H]12)c1ccccc1. The van der Waals surface area contributed by atoms with Crippen molar-refractivity contribution in [3.63, 3.8) is 0 Å². The zero-order chi connectivity index (χ0) is 14.0. The van der Waals surface area contributed by atoms with E-state index in [1.54, 1.807) is 24.3 Å². The molecule has 1 aromatic rings. The second-order valence-electron chi connectivity index (χ2n) is 5.64. The molecule has 4 nitrogen and oxygen atoms in total. The number of hydrogen-bond acceptors (Lipinski definition) is 4. The van der Waals surface area contributed by atoms with E-state index in [1.807, 2.05) is 6.07 Å². The summed E-state index contributed by atoms with van der Waals surface area (Å²) in [4.78, 5) is 2.66. The fraction of sp³-hybridized carbons (Fsp3) is 0.600. The fourth-order valence-electron chi connectivity index (χ4n) is 3.32. The van der Waals surface area contributed by atoms with E-state index in [-0.39, 0.29) is 17.0 Å². The van der Waals surface area contributed by atoms with Gasteiger partial charge in [0.1, 0.15) is 0 Å². The van der Waals surface area contributed by atoms with Gasteiger partial charge < -0.3 is 0 Å². The van der Waals surface area contributed by atoms with Gasteiger partial charge in [-0.1, -0.05) is 24.6 Å². The normalized spacial score (nSPS) is 28.0. The molecule has 0 unspecified atom stereocenters. The Morgan fingerprint density at radius 2 is 1.75 bits per heavy atom. The summed E-state index contributed by atoms with van der Waals surface area (Å²) in [7, 11) is -3.64. The first-order valence-corrected chi connectivity index (χ1v) is 8.80. The molecule has 0 saturated carbocycles. The summed E-state index contributed by atoms with van der Waals surface area (Å²) in [5.74, 6) is 0. The highest BCUT2D eigenvalue weighted by molar-refractivity contribution is 7.86. The minimum atomic E-state index is -3.64. The van der Waals surface area contributed by atoms with Crippen LogP contribution in [0.25, 0.3) is 0 Å². The van der Waals surface area contributed by atoms with Gasteiger partial charge in [0.2, 0.25) is 0 Å². The third-order valence-corrected chi connectivity index (χ3v) is 5.66. The first-order chi connectivity index (χ1) is 9.67. The van der Waals surface area contributed by atoms with Gasteiger partial charge in [0, 0.05) is 6.04 Å². The largest absolute Gasteiger partial charge is 0.298 e. The molecule has 20 heavy (non-hydrogen) atoms. The molecule has 2 saturated heterocycles. The predicted octanol–water partition coefficient (Wildman–Crippen LogP) is 2.41. The zero-order valence-electron chi connectivity index (χ0n) is 11.6. The smallest absolute Gasteiger partial charge is 0.297 e. The summed E-state index contributed by atoms with van der Waals surface area (Å²) >= 11 is 0. The second-order valence-corrected chi connectivity index (χ2v) is 7.22. The lowest BCUT2D eigenvalue weighted by Crippen LogP contribution is -2.51. The average Bonchev–Trinajstić information content (AvgIpc) is 2.48. The third kappa shape index (κ3) is 2.90. The quantitative estimate of drug-likeness (QED) is 0.803. The Kier molecular flexibility index (Phi) is 4.10. The van der Waals surface area contributed by atoms with Crippen molar-refractivity contribution in [2.24, 2.45) is 0 Å². The van der Waals surface area contributed by atoms with Gasteiger partial charge in [-0.3, -0.25) is 9.08 Å². The molecule has 5 heteroatoms. The Labute approximate surface area is 120 Å². The van der Waals surface area contributed by atoms with E-state index in [4.69, 9.17) is 4.18 Å². The lowest BCUT2D eigenvalue weighted by molar-refractivity contribution is 0.00891. The molecule has 2 heterocycles. The first-order valence-electron chi connectivity index (χ1n) is 7.39. The maximum atomic E-state index is 12.3. The maximum absolute atomic E-state index is 12.3. The van der Waals surface area contributed by atoms with Crippen molar-refractivity contribution in [1.29, 1.82) is 0 Å². The maximum Gasteiger partial charge on any atom is 0.297 e. The molecule has 0 N–H and O–H groups in total. The van der Waals surface area contributed by atoms with E-state index in [9.17, 15) is 8.42 Å². The first kappa shape index (κ1) is 14.0. The summed E-state index contributed by atoms with van der Waals surface area (Å²) in [6.07, 6.45) is 5.11. The van der Waals surface area contributed by atoms with Crippen LogP contribution in [0.2, 0.25) is 0 Å². The van der Waals surface area contributed by atoms with Gasteiger partial charge in [-0.2, -0.15) is 8.42 Å². The number of nitrogens with zero attached hydrogens (tertiary/aromatic N) is 1. The molecule has 0 aromatic heterocycles. The van der Waals surface area contributed by atoms with E-state index in [0.29, 0.717) is 0 Å². The molecule has 2 aliphatic heterocycles. The van der Waals surface area contributed by atoms with Gasteiger partial charge in [-0.05, 0) is 50.9 Å². The van der Waals surface area contributed by atoms with Gasteiger partial charge in [0.25, 0.3) is 10.1 Å². The monoisotopic (exact) mass is 295 g/mol. The summed E-state index contributed by atoms with van der Waals surface area (Å²) in [5.41, 5.74) is 0. The Morgan fingerprint density at radius 3 is 2.55 bits per heavy atom. The average molecular weight is 295 g/mol. The Hall–Kier alpha value is -0.910. The van der Waals surface area contributed by atoms with Crippen molar-refractivity contribution >= 4 is 10.1 Å². The van der Waals surface area contributed by atoms with E-state index >= 15 is 0 Å². The molecule has 0 amide bonds. The van der Waals surface area contributed by atoms with Gasteiger partial charge in [0.15, 0.2) is 0 Å². The minimum absolute atomic E-state index is 0.186. The van der Waals surface area contributed by atoms with Crippen molar-refractivity contribution in [2.75, 3.05) is 13.1 Å². The Balaban J connectivity index is 1.76. The van der Waals surface area contributed by atoms with Crippen molar-refractivity contribution in [3.05, 3.63) is 30.3 Å². The molecule has 0 spiro atoms. The lowest BCUT2D eigenvalue weighted by atomic mass is 9.91. The number of hydrogen-bond donors (Lipinski definition) is 0. The summed E-state index contributed by atoms with van der Waals surface area (Å²) in [6, 6.07) is 8.72. The minimum Gasteiger partial charge on any atom is -0.298 e. The molecule has 0 radical (unpaired) electrons. The van der Waals surface area contributed by atoms with E-state index in [2.05, 4.69) is 4.90 Å². The third-order valence-electron chi connectivity index (χ3n) is 4.31. The van der Waals surface area contributed by atoms with Crippen LogP contribution in [0.3, 0.4) is 0 Å². The standard InChI is InChI=1S/C15H21NO3S/c17-20(18,13-7-2-1-3-8-13)19-15-10-6-12-16-11-5-4-9-14(15)16/h1-3,7-8,14-15H,4-6,9-12H2/t14-,15+/m0/s1. The summed E-state index contributed by atoms with van der Waals surface area (Å²) < 4.78 is 30.2.